The Morgan fingerprint density at radius 1 is 1.06 bits per heavy atom. The lowest BCUT2D eigenvalue weighted by Crippen LogP contribution is -2.46. The molecule has 2 aliphatic rings. The van der Waals surface area contributed by atoms with E-state index >= 15 is 0 Å². The second-order valence-corrected chi connectivity index (χ2v) is 6.19. The summed E-state index contributed by atoms with van der Waals surface area (Å²) in [6.45, 7) is 3.00. The normalized spacial score (nSPS) is 31.2. The average Bonchev–Trinajstić information content (AvgIpc) is 2.36. The number of halogens is 2. The summed E-state index contributed by atoms with van der Waals surface area (Å²) in [5.41, 5.74) is 0. The molecular weight excluding hydrogens is 232 g/mol. The highest BCUT2D eigenvalue weighted by Gasteiger charge is 2.41. The predicted molar refractivity (Wildman–Crippen MR) is 70.9 cm³/mol. The van der Waals surface area contributed by atoms with Crippen LogP contribution in [0.4, 0.5) is 8.78 Å². The summed E-state index contributed by atoms with van der Waals surface area (Å²) < 4.78 is 27.2. The predicted octanol–water partition coefficient (Wildman–Crippen LogP) is 4.37. The number of rotatable bonds is 4. The second-order valence-electron chi connectivity index (χ2n) is 6.19. The Labute approximate surface area is 110 Å². The zero-order valence-corrected chi connectivity index (χ0v) is 11.6. The molecule has 2 unspecified atom stereocenters. The molecule has 3 heteroatoms. The molecular formula is C15H27F2N. The van der Waals surface area contributed by atoms with Crippen LogP contribution in [0.3, 0.4) is 0 Å². The van der Waals surface area contributed by atoms with E-state index in [1.165, 1.54) is 32.1 Å². The molecule has 0 aromatic rings. The van der Waals surface area contributed by atoms with Gasteiger partial charge in [0.05, 0.1) is 0 Å². The fraction of sp³-hybridized carbons (Fsp3) is 1.00. The molecule has 0 saturated heterocycles. The summed E-state index contributed by atoms with van der Waals surface area (Å²) in [4.78, 5) is 0. The maximum atomic E-state index is 13.6. The van der Waals surface area contributed by atoms with Crippen LogP contribution in [-0.4, -0.2) is 18.5 Å². The molecule has 18 heavy (non-hydrogen) atoms. The Morgan fingerprint density at radius 3 is 2.33 bits per heavy atom. The van der Waals surface area contributed by atoms with Crippen LogP contribution in [0.15, 0.2) is 0 Å². The van der Waals surface area contributed by atoms with Gasteiger partial charge in [0.1, 0.15) is 0 Å². The van der Waals surface area contributed by atoms with E-state index in [4.69, 9.17) is 0 Å². The van der Waals surface area contributed by atoms with Crippen LogP contribution in [0.5, 0.6) is 0 Å². The first-order chi connectivity index (χ1) is 8.62. The van der Waals surface area contributed by atoms with Gasteiger partial charge in [-0.25, -0.2) is 8.78 Å². The summed E-state index contributed by atoms with van der Waals surface area (Å²) in [5, 5.41) is 3.53. The van der Waals surface area contributed by atoms with E-state index in [1.54, 1.807) is 0 Å². The highest BCUT2D eigenvalue weighted by molar-refractivity contribution is 4.90. The molecule has 1 nitrogen and oxygen atoms in total. The van der Waals surface area contributed by atoms with Crippen LogP contribution in [0.2, 0.25) is 0 Å². The van der Waals surface area contributed by atoms with Crippen molar-refractivity contribution in [1.82, 2.24) is 5.32 Å². The van der Waals surface area contributed by atoms with Crippen LogP contribution in [0.1, 0.15) is 64.7 Å². The van der Waals surface area contributed by atoms with Crippen molar-refractivity contribution in [2.24, 2.45) is 11.8 Å². The largest absolute Gasteiger partial charge is 0.314 e. The molecule has 2 aliphatic carbocycles. The van der Waals surface area contributed by atoms with Crippen molar-refractivity contribution in [3.8, 4) is 0 Å². The van der Waals surface area contributed by atoms with Crippen LogP contribution in [0, 0.1) is 11.8 Å². The summed E-state index contributed by atoms with van der Waals surface area (Å²) in [6.07, 6.45) is 8.28. The van der Waals surface area contributed by atoms with Crippen molar-refractivity contribution in [2.75, 3.05) is 6.54 Å². The summed E-state index contributed by atoms with van der Waals surface area (Å²) in [5.74, 6) is -1.58. The van der Waals surface area contributed by atoms with E-state index in [2.05, 4.69) is 12.2 Å². The molecule has 0 amide bonds. The van der Waals surface area contributed by atoms with E-state index in [9.17, 15) is 8.78 Å². The topological polar surface area (TPSA) is 12.0 Å². The van der Waals surface area contributed by atoms with Gasteiger partial charge in [-0.2, -0.15) is 0 Å². The summed E-state index contributed by atoms with van der Waals surface area (Å²) in [6, 6.07) is 0.335. The molecule has 0 radical (unpaired) electrons. The first kappa shape index (κ1) is 14.2. The molecule has 0 spiro atoms. The van der Waals surface area contributed by atoms with E-state index in [0.29, 0.717) is 18.4 Å². The quantitative estimate of drug-likeness (QED) is 0.790. The molecule has 0 aliphatic heterocycles. The zero-order chi connectivity index (χ0) is 13.0. The van der Waals surface area contributed by atoms with E-state index in [0.717, 1.165) is 13.0 Å². The molecule has 0 bridgehead atoms. The number of alkyl halides is 2. The van der Waals surface area contributed by atoms with Crippen LogP contribution < -0.4 is 5.32 Å². The van der Waals surface area contributed by atoms with Crippen LogP contribution in [-0.2, 0) is 0 Å². The maximum absolute atomic E-state index is 13.6. The van der Waals surface area contributed by atoms with Gasteiger partial charge in [0.15, 0.2) is 0 Å². The molecule has 1 N–H and O–H groups in total. The van der Waals surface area contributed by atoms with Gasteiger partial charge in [-0.1, -0.05) is 26.2 Å². The fourth-order valence-corrected chi connectivity index (χ4v) is 3.96. The maximum Gasteiger partial charge on any atom is 0.248 e. The van der Waals surface area contributed by atoms with Gasteiger partial charge in [0.25, 0.3) is 0 Å². The minimum Gasteiger partial charge on any atom is -0.314 e. The minimum atomic E-state index is -2.41. The number of hydrogen-bond acceptors (Lipinski definition) is 1. The minimum absolute atomic E-state index is 0.104. The molecule has 2 saturated carbocycles. The Balaban J connectivity index is 1.99. The molecule has 0 heterocycles. The summed E-state index contributed by atoms with van der Waals surface area (Å²) >= 11 is 0. The number of nitrogens with one attached hydrogen (secondary N) is 1. The first-order valence-corrected chi connectivity index (χ1v) is 7.73. The Hall–Kier alpha value is -0.180. The SMILES string of the molecule is CCNC(C1CCCCC1)C1CCCC(F)(F)C1. The fourth-order valence-electron chi connectivity index (χ4n) is 3.96. The Morgan fingerprint density at radius 2 is 1.72 bits per heavy atom. The number of hydrogen-bond donors (Lipinski definition) is 1. The molecule has 2 fully saturated rings. The molecule has 2 rings (SSSR count). The highest BCUT2D eigenvalue weighted by Crippen LogP contribution is 2.41. The van der Waals surface area contributed by atoms with Crippen molar-refractivity contribution in [1.29, 1.82) is 0 Å². The molecule has 2 atom stereocenters. The van der Waals surface area contributed by atoms with Crippen molar-refractivity contribution >= 4 is 0 Å². The van der Waals surface area contributed by atoms with Gasteiger partial charge in [0.2, 0.25) is 5.92 Å². The third-order valence-corrected chi connectivity index (χ3v) is 4.78. The van der Waals surface area contributed by atoms with Crippen molar-refractivity contribution in [3.63, 3.8) is 0 Å². The van der Waals surface area contributed by atoms with Crippen molar-refractivity contribution in [3.05, 3.63) is 0 Å². The zero-order valence-electron chi connectivity index (χ0n) is 11.6. The monoisotopic (exact) mass is 259 g/mol. The van der Waals surface area contributed by atoms with E-state index < -0.39 is 5.92 Å². The van der Waals surface area contributed by atoms with E-state index in [1.807, 2.05) is 0 Å². The lowest BCUT2D eigenvalue weighted by Gasteiger charge is -2.40. The smallest absolute Gasteiger partial charge is 0.248 e. The molecule has 106 valence electrons. The standard InChI is InChI=1S/C15H27F2N/c1-2-18-14(12-7-4-3-5-8-12)13-9-6-10-15(16,17)11-13/h12-14,18H,2-11H2,1H3. The second kappa shape index (κ2) is 6.31. The third kappa shape index (κ3) is 3.66. The molecule has 0 aromatic carbocycles. The highest BCUT2D eigenvalue weighted by atomic mass is 19.3. The Kier molecular flexibility index (Phi) is 4.99. The first-order valence-electron chi connectivity index (χ1n) is 7.73. The Bertz CT molecular complexity index is 249. The third-order valence-electron chi connectivity index (χ3n) is 4.78. The van der Waals surface area contributed by atoms with E-state index in [-0.39, 0.29) is 18.8 Å². The van der Waals surface area contributed by atoms with Crippen molar-refractivity contribution < 1.29 is 8.78 Å². The van der Waals surface area contributed by atoms with Gasteiger partial charge in [-0.05, 0) is 44.1 Å². The van der Waals surface area contributed by atoms with Gasteiger partial charge in [-0.15, -0.1) is 0 Å². The van der Waals surface area contributed by atoms with Crippen molar-refractivity contribution in [2.45, 2.75) is 76.7 Å². The van der Waals surface area contributed by atoms with Gasteiger partial charge >= 0.3 is 0 Å². The summed E-state index contributed by atoms with van der Waals surface area (Å²) in [7, 11) is 0. The molecule has 0 aromatic heterocycles. The lowest BCUT2D eigenvalue weighted by atomic mass is 9.73. The van der Waals surface area contributed by atoms with Crippen LogP contribution in [0.25, 0.3) is 0 Å². The van der Waals surface area contributed by atoms with Gasteiger partial charge < -0.3 is 5.32 Å². The van der Waals surface area contributed by atoms with Crippen LogP contribution >= 0.6 is 0 Å². The lowest BCUT2D eigenvalue weighted by molar-refractivity contribution is -0.0625. The average molecular weight is 259 g/mol. The van der Waals surface area contributed by atoms with Gasteiger partial charge in [0, 0.05) is 18.9 Å². The van der Waals surface area contributed by atoms with Gasteiger partial charge in [-0.3, -0.25) is 0 Å².